The van der Waals surface area contributed by atoms with Gasteiger partial charge in [-0.15, -0.1) is 17.9 Å². The fraction of sp³-hybridized carbons (Fsp3) is 0.250. The van der Waals surface area contributed by atoms with Crippen LogP contribution in [-0.2, 0) is 14.8 Å². The van der Waals surface area contributed by atoms with Crippen molar-refractivity contribution < 1.29 is 22.3 Å². The molecule has 0 saturated heterocycles. The van der Waals surface area contributed by atoms with Crippen molar-refractivity contribution in [3.05, 3.63) is 53.7 Å². The van der Waals surface area contributed by atoms with E-state index in [1.54, 1.807) is 0 Å². The lowest BCUT2D eigenvalue weighted by Crippen LogP contribution is -2.20. The highest BCUT2D eigenvalue weighted by Gasteiger charge is 2.26. The molecule has 6 nitrogen and oxygen atoms in total. The van der Waals surface area contributed by atoms with E-state index < -0.39 is 27.1 Å². The Kier molecular flexibility index (Phi) is 6.27. The molecule has 0 amide bonds. The van der Waals surface area contributed by atoms with Crippen molar-refractivity contribution in [1.82, 2.24) is 4.98 Å². The summed E-state index contributed by atoms with van der Waals surface area (Å²) in [7, 11) is -3.95. The van der Waals surface area contributed by atoms with E-state index in [-0.39, 0.29) is 23.0 Å². The summed E-state index contributed by atoms with van der Waals surface area (Å²) in [5.74, 6) is -0.952. The first kappa shape index (κ1) is 19.1. The number of hydrogen-bond donors (Lipinski definition) is 1. The van der Waals surface area contributed by atoms with Gasteiger partial charge in [0, 0.05) is 6.42 Å². The highest BCUT2D eigenvalue weighted by Crippen LogP contribution is 2.29. The van der Waals surface area contributed by atoms with Gasteiger partial charge in [0.25, 0.3) is 0 Å². The second kappa shape index (κ2) is 8.21. The second-order valence-corrected chi connectivity index (χ2v) is 7.73. The lowest BCUT2D eigenvalue weighted by atomic mass is 10.1. The summed E-state index contributed by atoms with van der Waals surface area (Å²) >= 11 is 0.976. The molecule has 1 N–H and O–H groups in total. The number of sulfonamides is 1. The molecule has 9 heteroatoms. The predicted octanol–water partition coefficient (Wildman–Crippen LogP) is 3.66. The number of anilines is 1. The molecule has 1 heterocycles. The zero-order chi connectivity index (χ0) is 18.4. The quantitative estimate of drug-likeness (QED) is 0.555. The van der Waals surface area contributed by atoms with Gasteiger partial charge in [0.05, 0.1) is 5.38 Å². The maximum Gasteiger partial charge on any atom is 0.312 e. The topological polar surface area (TPSA) is 85.4 Å². The van der Waals surface area contributed by atoms with Crippen molar-refractivity contribution in [2.24, 2.45) is 0 Å². The Balaban J connectivity index is 2.16. The van der Waals surface area contributed by atoms with Crippen molar-refractivity contribution in [3.63, 3.8) is 0 Å². The zero-order valence-corrected chi connectivity index (χ0v) is 15.1. The summed E-state index contributed by atoms with van der Waals surface area (Å²) in [6.07, 6.45) is 2.08. The van der Waals surface area contributed by atoms with Crippen LogP contribution in [0, 0.1) is 5.82 Å². The number of thiazole rings is 1. The number of halogens is 1. The van der Waals surface area contributed by atoms with Crippen LogP contribution in [0.5, 0.6) is 5.88 Å². The number of nitrogens with one attached hydrogen (secondary N) is 1. The molecule has 0 aliphatic carbocycles. The molecule has 1 unspecified atom stereocenters. The van der Waals surface area contributed by atoms with Crippen LogP contribution in [0.15, 0.2) is 42.3 Å². The number of esters is 1. The Labute approximate surface area is 149 Å². The van der Waals surface area contributed by atoms with E-state index in [1.165, 1.54) is 29.7 Å². The van der Waals surface area contributed by atoms with Crippen LogP contribution in [0.1, 0.15) is 30.6 Å². The second-order valence-electron chi connectivity index (χ2n) is 5.07. The Bertz CT molecular complexity index is 865. The molecule has 134 valence electrons. The number of carbonyl (C=O) groups is 1. The molecule has 0 fully saturated rings. The SMILES string of the molecule is C=CC(c1cccc(F)c1)S(=O)(=O)Nc1nc(OC(=O)CCC)cs1. The molecule has 0 saturated carbocycles. The van der Waals surface area contributed by atoms with Crippen molar-refractivity contribution >= 4 is 32.5 Å². The molecule has 0 aliphatic rings. The van der Waals surface area contributed by atoms with Gasteiger partial charge in [-0.25, -0.2) is 12.8 Å². The lowest BCUT2D eigenvalue weighted by Gasteiger charge is -2.14. The number of rotatable bonds is 8. The van der Waals surface area contributed by atoms with E-state index in [0.717, 1.165) is 17.4 Å². The number of benzene rings is 1. The van der Waals surface area contributed by atoms with Gasteiger partial charge in [0.15, 0.2) is 5.13 Å². The number of ether oxygens (including phenoxy) is 1. The third-order valence-electron chi connectivity index (χ3n) is 3.11. The largest absolute Gasteiger partial charge is 0.406 e. The summed E-state index contributed by atoms with van der Waals surface area (Å²) in [6.45, 7) is 5.35. The van der Waals surface area contributed by atoms with Gasteiger partial charge in [-0.05, 0) is 24.1 Å². The first-order valence-corrected chi connectivity index (χ1v) is 9.84. The molecule has 1 aromatic heterocycles. The average Bonchev–Trinajstić information content (AvgIpc) is 2.94. The number of aromatic nitrogens is 1. The monoisotopic (exact) mass is 384 g/mol. The van der Waals surface area contributed by atoms with Crippen molar-refractivity contribution in [2.45, 2.75) is 25.0 Å². The standard InChI is InChI=1S/C16H17FN2O4S2/c1-3-6-15(20)23-14-10-24-16(18-14)19-25(21,22)13(4-2)11-7-5-8-12(17)9-11/h4-5,7-10,13H,2-3,6H2,1H3,(H,18,19). The molecule has 1 atom stereocenters. The summed E-state index contributed by atoms with van der Waals surface area (Å²) in [5, 5.41) is 0.317. The molecule has 1 aromatic carbocycles. The average molecular weight is 384 g/mol. The van der Waals surface area contributed by atoms with Gasteiger partial charge in [0.1, 0.15) is 11.1 Å². The molecule has 25 heavy (non-hydrogen) atoms. The van der Waals surface area contributed by atoms with E-state index in [2.05, 4.69) is 16.3 Å². The minimum atomic E-state index is -3.95. The Morgan fingerprint density at radius 2 is 2.28 bits per heavy atom. The van der Waals surface area contributed by atoms with Crippen LogP contribution in [0.4, 0.5) is 9.52 Å². The van der Waals surface area contributed by atoms with Gasteiger partial charge in [0.2, 0.25) is 15.9 Å². The first-order valence-electron chi connectivity index (χ1n) is 7.41. The van der Waals surface area contributed by atoms with E-state index in [4.69, 9.17) is 4.74 Å². The molecule has 0 spiro atoms. The summed E-state index contributed by atoms with van der Waals surface area (Å²) in [5.41, 5.74) is 0.244. The van der Waals surface area contributed by atoms with Gasteiger partial charge >= 0.3 is 5.97 Å². The van der Waals surface area contributed by atoms with Gasteiger partial charge in [-0.1, -0.05) is 25.1 Å². The number of hydrogen-bond acceptors (Lipinski definition) is 6. The van der Waals surface area contributed by atoms with Crippen molar-refractivity contribution in [1.29, 1.82) is 0 Å². The van der Waals surface area contributed by atoms with Gasteiger partial charge < -0.3 is 4.74 Å². The highest BCUT2D eigenvalue weighted by atomic mass is 32.2. The minimum Gasteiger partial charge on any atom is -0.406 e. The molecule has 0 radical (unpaired) electrons. The van der Waals surface area contributed by atoms with Crippen molar-refractivity contribution in [2.75, 3.05) is 4.72 Å². The molecule has 0 bridgehead atoms. The highest BCUT2D eigenvalue weighted by molar-refractivity contribution is 7.93. The Morgan fingerprint density at radius 1 is 1.52 bits per heavy atom. The van der Waals surface area contributed by atoms with E-state index in [9.17, 15) is 17.6 Å². The molecule has 2 rings (SSSR count). The molecule has 2 aromatic rings. The Hall–Kier alpha value is -2.26. The molecule has 0 aliphatic heterocycles. The smallest absolute Gasteiger partial charge is 0.312 e. The fourth-order valence-electron chi connectivity index (χ4n) is 2.04. The van der Waals surface area contributed by atoms with Crippen LogP contribution >= 0.6 is 11.3 Å². The third-order valence-corrected chi connectivity index (χ3v) is 5.59. The van der Waals surface area contributed by atoms with Crippen LogP contribution in [0.2, 0.25) is 0 Å². The summed E-state index contributed by atoms with van der Waals surface area (Å²) in [4.78, 5) is 15.4. The van der Waals surface area contributed by atoms with Crippen LogP contribution in [0.25, 0.3) is 0 Å². The Morgan fingerprint density at radius 3 is 2.92 bits per heavy atom. The lowest BCUT2D eigenvalue weighted by molar-refractivity contribution is -0.134. The van der Waals surface area contributed by atoms with Crippen LogP contribution in [-0.4, -0.2) is 19.4 Å². The molecular formula is C16H17FN2O4S2. The summed E-state index contributed by atoms with van der Waals surface area (Å²) in [6, 6.07) is 5.27. The minimum absolute atomic E-state index is 0.0297. The maximum absolute atomic E-state index is 13.4. The maximum atomic E-state index is 13.4. The van der Waals surface area contributed by atoms with E-state index in [1.807, 2.05) is 6.92 Å². The normalized spacial score (nSPS) is 12.4. The van der Waals surface area contributed by atoms with E-state index >= 15 is 0 Å². The van der Waals surface area contributed by atoms with Gasteiger partial charge in [-0.3, -0.25) is 9.52 Å². The van der Waals surface area contributed by atoms with Crippen LogP contribution in [0.3, 0.4) is 0 Å². The number of nitrogens with zero attached hydrogens (tertiary/aromatic N) is 1. The number of carbonyl (C=O) groups excluding carboxylic acids is 1. The molecular weight excluding hydrogens is 367 g/mol. The van der Waals surface area contributed by atoms with Crippen LogP contribution < -0.4 is 9.46 Å². The van der Waals surface area contributed by atoms with Gasteiger partial charge in [-0.2, -0.15) is 4.98 Å². The fourth-order valence-corrected chi connectivity index (χ4v) is 4.21. The first-order chi connectivity index (χ1) is 11.9. The summed E-state index contributed by atoms with van der Waals surface area (Å²) < 4.78 is 45.7. The zero-order valence-electron chi connectivity index (χ0n) is 13.4. The predicted molar refractivity (Wildman–Crippen MR) is 94.5 cm³/mol. The van der Waals surface area contributed by atoms with E-state index in [0.29, 0.717) is 6.42 Å². The third kappa shape index (κ3) is 5.10. The van der Waals surface area contributed by atoms with Crippen molar-refractivity contribution in [3.8, 4) is 5.88 Å².